The molecular weight excluding hydrogens is 184 g/mol. The van der Waals surface area contributed by atoms with Gasteiger partial charge in [0.25, 0.3) is 0 Å². The fourth-order valence-electron chi connectivity index (χ4n) is 0.872. The number of carbonyl (C=O) groups excluding carboxylic acids is 1. The highest BCUT2D eigenvalue weighted by atomic mass is 32.2. The highest BCUT2D eigenvalue weighted by molar-refractivity contribution is 7.99. The summed E-state index contributed by atoms with van der Waals surface area (Å²) < 4.78 is 0. The molecule has 78 valence electrons. The minimum absolute atomic E-state index is 0.0355. The SMILES string of the molecule is CCSCC(C)NC(=O)[C@@H](N)CC. The van der Waals surface area contributed by atoms with Gasteiger partial charge in [-0.3, -0.25) is 4.79 Å². The van der Waals surface area contributed by atoms with Crippen molar-refractivity contribution in [2.24, 2.45) is 5.73 Å². The van der Waals surface area contributed by atoms with E-state index in [1.54, 1.807) is 0 Å². The maximum absolute atomic E-state index is 11.3. The first-order valence-electron chi connectivity index (χ1n) is 4.75. The van der Waals surface area contributed by atoms with Crippen LogP contribution in [0.15, 0.2) is 0 Å². The number of rotatable bonds is 6. The van der Waals surface area contributed by atoms with Gasteiger partial charge in [0.15, 0.2) is 0 Å². The van der Waals surface area contributed by atoms with Gasteiger partial charge in [0, 0.05) is 11.8 Å². The van der Waals surface area contributed by atoms with Crippen molar-refractivity contribution in [1.82, 2.24) is 5.32 Å². The van der Waals surface area contributed by atoms with Crippen LogP contribution < -0.4 is 11.1 Å². The standard InChI is InChI=1S/C9H20N2OS/c1-4-8(10)9(12)11-7(3)6-13-5-2/h7-8H,4-6,10H2,1-3H3,(H,11,12)/t7?,8-/m0/s1. The lowest BCUT2D eigenvalue weighted by atomic mass is 10.2. The van der Waals surface area contributed by atoms with E-state index in [2.05, 4.69) is 12.2 Å². The molecule has 0 aliphatic heterocycles. The fourth-order valence-corrected chi connectivity index (χ4v) is 1.54. The van der Waals surface area contributed by atoms with Crippen LogP contribution >= 0.6 is 11.8 Å². The number of amides is 1. The summed E-state index contributed by atoms with van der Waals surface area (Å²) in [5.41, 5.74) is 5.57. The second-order valence-electron chi connectivity index (χ2n) is 3.08. The summed E-state index contributed by atoms with van der Waals surface area (Å²) in [7, 11) is 0. The molecule has 0 saturated heterocycles. The van der Waals surface area contributed by atoms with Gasteiger partial charge < -0.3 is 11.1 Å². The lowest BCUT2D eigenvalue weighted by molar-refractivity contribution is -0.122. The molecule has 1 amide bonds. The molecular formula is C9H20N2OS. The summed E-state index contributed by atoms with van der Waals surface area (Å²) in [4.78, 5) is 11.3. The molecule has 0 aromatic rings. The van der Waals surface area contributed by atoms with Crippen LogP contribution in [0.3, 0.4) is 0 Å². The van der Waals surface area contributed by atoms with E-state index in [-0.39, 0.29) is 18.0 Å². The van der Waals surface area contributed by atoms with Gasteiger partial charge in [0.1, 0.15) is 0 Å². The molecule has 0 aliphatic carbocycles. The van der Waals surface area contributed by atoms with Crippen LogP contribution in [0.1, 0.15) is 27.2 Å². The Morgan fingerprint density at radius 3 is 2.62 bits per heavy atom. The summed E-state index contributed by atoms with van der Waals surface area (Å²) in [6, 6.07) is -0.135. The van der Waals surface area contributed by atoms with Crippen molar-refractivity contribution in [2.75, 3.05) is 11.5 Å². The summed E-state index contributed by atoms with van der Waals surface area (Å²) in [5, 5.41) is 2.88. The minimum atomic E-state index is -0.353. The molecule has 0 aromatic heterocycles. The van der Waals surface area contributed by atoms with Gasteiger partial charge in [0.05, 0.1) is 6.04 Å². The van der Waals surface area contributed by atoms with Gasteiger partial charge >= 0.3 is 0 Å². The van der Waals surface area contributed by atoms with Gasteiger partial charge in [-0.1, -0.05) is 13.8 Å². The van der Waals surface area contributed by atoms with Crippen LogP contribution in [-0.4, -0.2) is 29.5 Å². The quantitative estimate of drug-likeness (QED) is 0.678. The highest BCUT2D eigenvalue weighted by Crippen LogP contribution is 2.01. The fraction of sp³-hybridized carbons (Fsp3) is 0.889. The zero-order chi connectivity index (χ0) is 10.3. The lowest BCUT2D eigenvalue weighted by Gasteiger charge is -2.15. The van der Waals surface area contributed by atoms with Crippen LogP contribution in [0.4, 0.5) is 0 Å². The number of nitrogens with two attached hydrogens (primary N) is 1. The molecule has 0 bridgehead atoms. The van der Waals surface area contributed by atoms with Gasteiger partial charge in [-0.15, -0.1) is 0 Å². The Hall–Kier alpha value is -0.220. The normalized spacial score (nSPS) is 15.1. The highest BCUT2D eigenvalue weighted by Gasteiger charge is 2.12. The van der Waals surface area contributed by atoms with E-state index in [4.69, 9.17) is 5.73 Å². The van der Waals surface area contributed by atoms with E-state index >= 15 is 0 Å². The predicted octanol–water partition coefficient (Wildman–Crippen LogP) is 0.981. The Morgan fingerprint density at radius 1 is 1.54 bits per heavy atom. The van der Waals surface area contributed by atoms with Crippen molar-refractivity contribution in [3.05, 3.63) is 0 Å². The number of hydrogen-bond donors (Lipinski definition) is 2. The number of thioether (sulfide) groups is 1. The van der Waals surface area contributed by atoms with E-state index in [0.717, 1.165) is 11.5 Å². The molecule has 3 N–H and O–H groups in total. The van der Waals surface area contributed by atoms with E-state index in [1.807, 2.05) is 25.6 Å². The zero-order valence-corrected chi connectivity index (χ0v) is 9.49. The third-order valence-corrected chi connectivity index (χ3v) is 2.88. The molecule has 0 saturated carbocycles. The van der Waals surface area contributed by atoms with Crippen LogP contribution in [0.25, 0.3) is 0 Å². The van der Waals surface area contributed by atoms with Crippen molar-refractivity contribution in [3.63, 3.8) is 0 Å². The molecule has 0 spiro atoms. The van der Waals surface area contributed by atoms with Gasteiger partial charge in [-0.05, 0) is 19.1 Å². The Bertz CT molecular complexity index is 153. The first kappa shape index (κ1) is 12.8. The Kier molecular flexibility index (Phi) is 7.09. The second kappa shape index (κ2) is 7.21. The van der Waals surface area contributed by atoms with Crippen molar-refractivity contribution < 1.29 is 4.79 Å². The number of nitrogens with one attached hydrogen (secondary N) is 1. The first-order valence-corrected chi connectivity index (χ1v) is 5.90. The van der Waals surface area contributed by atoms with Crippen molar-refractivity contribution in [3.8, 4) is 0 Å². The first-order chi connectivity index (χ1) is 6.11. The monoisotopic (exact) mass is 204 g/mol. The summed E-state index contributed by atoms with van der Waals surface area (Å²) >= 11 is 1.82. The van der Waals surface area contributed by atoms with Gasteiger partial charge in [0.2, 0.25) is 5.91 Å². The molecule has 4 heteroatoms. The molecule has 0 rings (SSSR count). The van der Waals surface area contributed by atoms with Crippen LogP contribution in [0, 0.1) is 0 Å². The molecule has 2 atom stereocenters. The van der Waals surface area contributed by atoms with Crippen molar-refractivity contribution in [2.45, 2.75) is 39.3 Å². The van der Waals surface area contributed by atoms with Crippen molar-refractivity contribution in [1.29, 1.82) is 0 Å². The van der Waals surface area contributed by atoms with E-state index in [0.29, 0.717) is 6.42 Å². The molecule has 0 aliphatic rings. The average molecular weight is 204 g/mol. The largest absolute Gasteiger partial charge is 0.351 e. The maximum atomic E-state index is 11.3. The molecule has 0 radical (unpaired) electrons. The summed E-state index contributed by atoms with van der Waals surface area (Å²) in [6.07, 6.45) is 0.694. The lowest BCUT2D eigenvalue weighted by Crippen LogP contribution is -2.44. The zero-order valence-electron chi connectivity index (χ0n) is 8.67. The van der Waals surface area contributed by atoms with Crippen LogP contribution in [-0.2, 0) is 4.79 Å². The number of hydrogen-bond acceptors (Lipinski definition) is 3. The van der Waals surface area contributed by atoms with E-state index in [9.17, 15) is 4.79 Å². The minimum Gasteiger partial charge on any atom is -0.351 e. The molecule has 0 fully saturated rings. The molecule has 0 aromatic carbocycles. The molecule has 13 heavy (non-hydrogen) atoms. The second-order valence-corrected chi connectivity index (χ2v) is 4.40. The smallest absolute Gasteiger partial charge is 0.237 e. The Labute approximate surface area is 84.8 Å². The van der Waals surface area contributed by atoms with Crippen LogP contribution in [0.5, 0.6) is 0 Å². The van der Waals surface area contributed by atoms with Gasteiger partial charge in [-0.2, -0.15) is 11.8 Å². The van der Waals surface area contributed by atoms with Crippen molar-refractivity contribution >= 4 is 17.7 Å². The Morgan fingerprint density at radius 2 is 2.15 bits per heavy atom. The van der Waals surface area contributed by atoms with E-state index in [1.165, 1.54) is 0 Å². The maximum Gasteiger partial charge on any atom is 0.237 e. The Balaban J connectivity index is 3.64. The molecule has 1 unspecified atom stereocenters. The average Bonchev–Trinajstić information content (AvgIpc) is 2.13. The van der Waals surface area contributed by atoms with E-state index < -0.39 is 0 Å². The summed E-state index contributed by atoms with van der Waals surface area (Å²) in [5.74, 6) is 2.00. The topological polar surface area (TPSA) is 55.1 Å². The third kappa shape index (κ3) is 5.93. The summed E-state index contributed by atoms with van der Waals surface area (Å²) in [6.45, 7) is 6.02. The third-order valence-electron chi connectivity index (χ3n) is 1.74. The molecule has 3 nitrogen and oxygen atoms in total. The predicted molar refractivity (Wildman–Crippen MR) is 58.9 cm³/mol. The number of carbonyl (C=O) groups is 1. The molecule has 0 heterocycles. The van der Waals surface area contributed by atoms with Gasteiger partial charge in [-0.25, -0.2) is 0 Å². The van der Waals surface area contributed by atoms with Crippen LogP contribution in [0.2, 0.25) is 0 Å².